The molecule has 0 saturated heterocycles. The van der Waals surface area contributed by atoms with Gasteiger partial charge in [-0.15, -0.1) is 13.2 Å². The van der Waals surface area contributed by atoms with Gasteiger partial charge in [0.25, 0.3) is 0 Å². The SMILES string of the molecule is CCOc1cc(CC(=N)C(=O)[C@@H](CO)c2ccccc2)ccc1S(=O)(=O)/C=C/c1ccc(F)c(OC(F)(F)F)c1. The van der Waals surface area contributed by atoms with Crippen molar-refractivity contribution < 1.29 is 45.4 Å². The largest absolute Gasteiger partial charge is 0.573 e. The van der Waals surface area contributed by atoms with Gasteiger partial charge in [-0.25, -0.2) is 12.8 Å². The summed E-state index contributed by atoms with van der Waals surface area (Å²) in [5, 5.41) is 18.7. The minimum atomic E-state index is -5.13. The lowest BCUT2D eigenvalue weighted by molar-refractivity contribution is -0.275. The van der Waals surface area contributed by atoms with Crippen molar-refractivity contribution in [1.82, 2.24) is 0 Å². The lowest BCUT2D eigenvalue weighted by Crippen LogP contribution is -2.25. The van der Waals surface area contributed by atoms with Crippen molar-refractivity contribution in [1.29, 1.82) is 5.41 Å². The highest BCUT2D eigenvalue weighted by molar-refractivity contribution is 7.94. The molecule has 7 nitrogen and oxygen atoms in total. The van der Waals surface area contributed by atoms with E-state index in [1.54, 1.807) is 37.3 Å². The number of aliphatic hydroxyl groups is 1. The number of carbonyl (C=O) groups excluding carboxylic acids is 1. The number of ether oxygens (including phenoxy) is 2. The Morgan fingerprint density at radius 1 is 1.05 bits per heavy atom. The standard InChI is InChI=1S/C28H25F4NO6S/c1-2-38-25-16-19(14-23(33)27(35)21(17-34)20-6-4-3-5-7-20)9-11-26(25)40(36,37)13-12-18-8-10-22(29)24(15-18)39-28(30,31)32/h3-13,15-16,21,33-34H,2,14,17H2,1H3/b13-12+,33-23?/t21-/m0/s1. The van der Waals surface area contributed by atoms with Gasteiger partial charge < -0.3 is 20.0 Å². The smallest absolute Gasteiger partial charge is 0.492 e. The molecule has 0 aromatic heterocycles. The first-order chi connectivity index (χ1) is 18.8. The van der Waals surface area contributed by atoms with Crippen LogP contribution in [0.2, 0.25) is 0 Å². The summed E-state index contributed by atoms with van der Waals surface area (Å²) in [6.07, 6.45) is -4.31. The minimum Gasteiger partial charge on any atom is -0.492 e. The quantitative estimate of drug-likeness (QED) is 0.217. The highest BCUT2D eigenvalue weighted by atomic mass is 32.2. The molecule has 3 aromatic rings. The Kier molecular flexibility index (Phi) is 9.83. The number of hydrogen-bond donors (Lipinski definition) is 2. The molecule has 1 atom stereocenters. The maximum Gasteiger partial charge on any atom is 0.573 e. The van der Waals surface area contributed by atoms with Crippen LogP contribution in [0.1, 0.15) is 29.5 Å². The van der Waals surface area contributed by atoms with Gasteiger partial charge >= 0.3 is 6.36 Å². The Labute approximate surface area is 228 Å². The zero-order chi connectivity index (χ0) is 29.5. The Bertz CT molecular complexity index is 1500. The molecule has 3 aromatic carbocycles. The normalized spacial score (nSPS) is 12.8. The molecule has 40 heavy (non-hydrogen) atoms. The maximum atomic E-state index is 13.7. The predicted molar refractivity (Wildman–Crippen MR) is 140 cm³/mol. The fraction of sp³-hybridized carbons (Fsp3) is 0.214. The highest BCUT2D eigenvalue weighted by Crippen LogP contribution is 2.30. The number of aliphatic hydroxyl groups excluding tert-OH is 1. The summed E-state index contributed by atoms with van der Waals surface area (Å²) in [4.78, 5) is 12.6. The Balaban J connectivity index is 1.84. The van der Waals surface area contributed by atoms with Gasteiger partial charge in [0, 0.05) is 11.8 Å². The van der Waals surface area contributed by atoms with Crippen LogP contribution in [0, 0.1) is 11.2 Å². The number of nitrogens with one attached hydrogen (secondary N) is 1. The van der Waals surface area contributed by atoms with Crippen LogP contribution >= 0.6 is 0 Å². The van der Waals surface area contributed by atoms with E-state index < -0.39 is 46.1 Å². The molecule has 0 fully saturated rings. The molecule has 12 heteroatoms. The number of ketones is 1. The average Bonchev–Trinajstić information content (AvgIpc) is 2.89. The molecule has 3 rings (SSSR count). The third-order valence-electron chi connectivity index (χ3n) is 5.61. The maximum absolute atomic E-state index is 13.7. The first-order valence-corrected chi connectivity index (χ1v) is 13.4. The lowest BCUT2D eigenvalue weighted by atomic mass is 9.91. The van der Waals surface area contributed by atoms with Gasteiger partial charge in [-0.1, -0.05) is 42.5 Å². The molecular weight excluding hydrogens is 554 g/mol. The van der Waals surface area contributed by atoms with E-state index in [4.69, 9.17) is 10.1 Å². The zero-order valence-electron chi connectivity index (χ0n) is 21.1. The highest BCUT2D eigenvalue weighted by Gasteiger charge is 2.32. The Hall–Kier alpha value is -4.03. The summed E-state index contributed by atoms with van der Waals surface area (Å²) >= 11 is 0. The summed E-state index contributed by atoms with van der Waals surface area (Å²) in [5.41, 5.74) is 0.597. The number of halogens is 4. The zero-order valence-corrected chi connectivity index (χ0v) is 21.9. The second-order valence-corrected chi connectivity index (χ2v) is 10.3. The second-order valence-electron chi connectivity index (χ2n) is 8.46. The molecule has 0 aliphatic rings. The van der Waals surface area contributed by atoms with E-state index in [1.807, 2.05) is 0 Å². The molecule has 0 unspecified atom stereocenters. The molecule has 0 aliphatic heterocycles. The number of hydrogen-bond acceptors (Lipinski definition) is 7. The van der Waals surface area contributed by atoms with Gasteiger partial charge in [0.05, 0.1) is 24.8 Å². The summed E-state index contributed by atoms with van der Waals surface area (Å²) in [6.45, 7) is 1.22. The van der Waals surface area contributed by atoms with Crippen molar-refractivity contribution in [2.45, 2.75) is 30.5 Å². The van der Waals surface area contributed by atoms with E-state index in [9.17, 15) is 35.9 Å². The molecule has 0 bridgehead atoms. The van der Waals surface area contributed by atoms with Gasteiger partial charge in [-0.2, -0.15) is 0 Å². The number of rotatable bonds is 12. The van der Waals surface area contributed by atoms with Gasteiger partial charge in [-0.3, -0.25) is 4.79 Å². The number of benzene rings is 3. The molecule has 212 valence electrons. The van der Waals surface area contributed by atoms with Gasteiger partial charge in [0.2, 0.25) is 9.84 Å². The summed E-state index contributed by atoms with van der Waals surface area (Å²) in [6, 6.07) is 15.0. The van der Waals surface area contributed by atoms with Crippen LogP contribution in [0.15, 0.2) is 77.0 Å². The van der Waals surface area contributed by atoms with Crippen molar-refractivity contribution >= 4 is 27.4 Å². The van der Waals surface area contributed by atoms with Crippen LogP contribution in [0.4, 0.5) is 17.6 Å². The molecule has 0 spiro atoms. The van der Waals surface area contributed by atoms with Gasteiger partial charge in [-0.05, 0) is 54.0 Å². The van der Waals surface area contributed by atoms with Crippen molar-refractivity contribution in [2.75, 3.05) is 13.2 Å². The van der Waals surface area contributed by atoms with Crippen LogP contribution in [0.5, 0.6) is 11.5 Å². The van der Waals surface area contributed by atoms with Gasteiger partial charge in [0.1, 0.15) is 10.6 Å². The van der Waals surface area contributed by atoms with E-state index >= 15 is 0 Å². The summed E-state index contributed by atoms with van der Waals surface area (Å²) < 4.78 is 86.3. The lowest BCUT2D eigenvalue weighted by Gasteiger charge is -2.15. The third-order valence-corrected chi connectivity index (χ3v) is 7.06. The number of sulfone groups is 1. The van der Waals surface area contributed by atoms with Crippen molar-refractivity contribution in [3.05, 3.63) is 94.6 Å². The fourth-order valence-corrected chi connectivity index (χ4v) is 4.90. The minimum absolute atomic E-state index is 0.0631. The van der Waals surface area contributed by atoms with E-state index in [0.29, 0.717) is 23.3 Å². The first-order valence-electron chi connectivity index (χ1n) is 11.9. The predicted octanol–water partition coefficient (Wildman–Crippen LogP) is 5.48. The average molecular weight is 580 g/mol. The molecular formula is C28H25F4NO6S. The molecule has 0 radical (unpaired) electrons. The fourth-order valence-electron chi connectivity index (χ4n) is 3.76. The van der Waals surface area contributed by atoms with Crippen LogP contribution < -0.4 is 9.47 Å². The van der Waals surface area contributed by atoms with E-state index in [2.05, 4.69) is 4.74 Å². The number of carbonyl (C=O) groups is 1. The monoisotopic (exact) mass is 579 g/mol. The number of alkyl halides is 3. The Morgan fingerprint density at radius 2 is 1.75 bits per heavy atom. The van der Waals surface area contributed by atoms with Crippen LogP contribution in [0.3, 0.4) is 0 Å². The van der Waals surface area contributed by atoms with Crippen molar-refractivity contribution in [2.24, 2.45) is 0 Å². The molecule has 2 N–H and O–H groups in total. The third kappa shape index (κ3) is 7.99. The van der Waals surface area contributed by atoms with E-state index in [-0.39, 0.29) is 34.9 Å². The van der Waals surface area contributed by atoms with Crippen molar-refractivity contribution in [3.63, 3.8) is 0 Å². The molecule has 0 saturated carbocycles. The van der Waals surface area contributed by atoms with Crippen molar-refractivity contribution in [3.8, 4) is 11.5 Å². The molecule has 0 aliphatic carbocycles. The molecule has 0 heterocycles. The Morgan fingerprint density at radius 3 is 2.38 bits per heavy atom. The summed E-state index contributed by atoms with van der Waals surface area (Å²) in [7, 11) is -4.20. The molecule has 0 amide bonds. The van der Waals surface area contributed by atoms with E-state index in [0.717, 1.165) is 17.6 Å². The van der Waals surface area contributed by atoms with E-state index in [1.165, 1.54) is 18.2 Å². The van der Waals surface area contributed by atoms with Crippen LogP contribution in [-0.2, 0) is 21.1 Å². The topological polar surface area (TPSA) is 114 Å². The first kappa shape index (κ1) is 30.5. The summed E-state index contributed by atoms with van der Waals surface area (Å²) in [5.74, 6) is -3.95. The van der Waals surface area contributed by atoms with Crippen LogP contribution in [-0.4, -0.2) is 44.6 Å². The number of Topliss-reactive ketones (excluding diaryl/α,β-unsaturated/α-hetero) is 1. The van der Waals surface area contributed by atoms with Crippen LogP contribution in [0.25, 0.3) is 6.08 Å². The van der Waals surface area contributed by atoms with Gasteiger partial charge in [0.15, 0.2) is 17.3 Å². The second kappa shape index (κ2) is 12.9.